The number of thiophene rings is 1. The van der Waals surface area contributed by atoms with Gasteiger partial charge >= 0.3 is 0 Å². The van der Waals surface area contributed by atoms with Gasteiger partial charge in [0, 0.05) is 9.90 Å². The first-order valence-electron chi connectivity index (χ1n) is 5.27. The second kappa shape index (κ2) is 5.11. The number of hydrogen-bond donors (Lipinski definition) is 1. The van der Waals surface area contributed by atoms with Gasteiger partial charge < -0.3 is 5.73 Å². The third-order valence-electron chi connectivity index (χ3n) is 2.82. The molecule has 0 radical (unpaired) electrons. The van der Waals surface area contributed by atoms with Crippen molar-refractivity contribution in [1.29, 1.82) is 0 Å². The molecule has 0 fully saturated rings. The van der Waals surface area contributed by atoms with Crippen molar-refractivity contribution in [2.45, 2.75) is 19.9 Å². The normalized spacial score (nSPS) is 12.8. The Bertz CT molecular complexity index is 550. The molecule has 0 amide bonds. The molecule has 2 aromatic rings. The Hall–Kier alpha value is -0.350. The van der Waals surface area contributed by atoms with Crippen LogP contribution in [0.25, 0.3) is 0 Å². The predicted octanol–water partition coefficient (Wildman–Crippen LogP) is 4.83. The SMILES string of the molecule is Cc1cccc(C(N)c2cc(Br)sc2C)c1Cl. The molecular formula is C13H13BrClNS. The van der Waals surface area contributed by atoms with Gasteiger partial charge in [0.25, 0.3) is 0 Å². The lowest BCUT2D eigenvalue weighted by atomic mass is 9.99. The molecule has 4 heteroatoms. The van der Waals surface area contributed by atoms with E-state index in [1.807, 2.05) is 25.1 Å². The van der Waals surface area contributed by atoms with Crippen LogP contribution in [0.2, 0.25) is 5.02 Å². The van der Waals surface area contributed by atoms with E-state index in [9.17, 15) is 0 Å². The van der Waals surface area contributed by atoms with Crippen molar-refractivity contribution in [2.24, 2.45) is 5.73 Å². The Morgan fingerprint density at radius 3 is 2.59 bits per heavy atom. The fourth-order valence-corrected chi connectivity index (χ4v) is 3.85. The molecule has 0 aliphatic heterocycles. The summed E-state index contributed by atoms with van der Waals surface area (Å²) in [5, 5.41) is 0.765. The van der Waals surface area contributed by atoms with Gasteiger partial charge in [-0.15, -0.1) is 11.3 Å². The Kier molecular flexibility index (Phi) is 3.93. The van der Waals surface area contributed by atoms with E-state index in [1.54, 1.807) is 11.3 Å². The van der Waals surface area contributed by atoms with Gasteiger partial charge in [-0.2, -0.15) is 0 Å². The summed E-state index contributed by atoms with van der Waals surface area (Å²) in [7, 11) is 0. The van der Waals surface area contributed by atoms with Crippen molar-refractivity contribution < 1.29 is 0 Å². The third-order valence-corrected chi connectivity index (χ3v) is 4.90. The van der Waals surface area contributed by atoms with Gasteiger partial charge in [-0.05, 0) is 52.5 Å². The highest BCUT2D eigenvalue weighted by Gasteiger charge is 2.17. The quantitative estimate of drug-likeness (QED) is 0.838. The third kappa shape index (κ3) is 2.58. The maximum atomic E-state index is 6.31. The average molecular weight is 331 g/mol. The van der Waals surface area contributed by atoms with Crippen molar-refractivity contribution in [3.8, 4) is 0 Å². The summed E-state index contributed by atoms with van der Waals surface area (Å²) in [5.41, 5.74) is 9.48. The largest absolute Gasteiger partial charge is 0.320 e. The molecule has 1 aromatic carbocycles. The molecule has 0 aliphatic carbocycles. The van der Waals surface area contributed by atoms with Crippen LogP contribution in [-0.4, -0.2) is 0 Å². The first-order chi connectivity index (χ1) is 8.00. The lowest BCUT2D eigenvalue weighted by molar-refractivity contribution is 0.867. The zero-order valence-corrected chi connectivity index (χ0v) is 12.8. The van der Waals surface area contributed by atoms with Crippen molar-refractivity contribution in [3.63, 3.8) is 0 Å². The summed E-state index contributed by atoms with van der Waals surface area (Å²) in [6.45, 7) is 4.07. The monoisotopic (exact) mass is 329 g/mol. The van der Waals surface area contributed by atoms with Crippen LogP contribution in [0.1, 0.15) is 27.6 Å². The second-order valence-electron chi connectivity index (χ2n) is 4.02. The predicted molar refractivity (Wildman–Crippen MR) is 79.0 cm³/mol. The van der Waals surface area contributed by atoms with Gasteiger partial charge in [0.1, 0.15) is 0 Å². The molecule has 1 heterocycles. The second-order valence-corrected chi connectivity index (χ2v) is 7.03. The molecule has 1 aromatic heterocycles. The zero-order chi connectivity index (χ0) is 12.6. The molecule has 0 saturated carbocycles. The Morgan fingerprint density at radius 1 is 1.29 bits per heavy atom. The van der Waals surface area contributed by atoms with Crippen molar-refractivity contribution in [2.75, 3.05) is 0 Å². The maximum absolute atomic E-state index is 6.31. The van der Waals surface area contributed by atoms with Gasteiger partial charge in [-0.1, -0.05) is 29.8 Å². The number of halogens is 2. The standard InChI is InChI=1S/C13H13BrClNS/c1-7-4-3-5-9(12(7)15)13(16)10-6-11(14)17-8(10)2/h3-6,13H,16H2,1-2H3. The van der Waals surface area contributed by atoms with Crippen LogP contribution in [0, 0.1) is 13.8 Å². The molecule has 0 spiro atoms. The molecule has 1 nitrogen and oxygen atoms in total. The molecule has 0 saturated heterocycles. The molecular weight excluding hydrogens is 318 g/mol. The van der Waals surface area contributed by atoms with Gasteiger partial charge in [0.05, 0.1) is 9.83 Å². The van der Waals surface area contributed by atoms with E-state index in [0.29, 0.717) is 0 Å². The zero-order valence-electron chi connectivity index (χ0n) is 9.63. The first-order valence-corrected chi connectivity index (χ1v) is 7.26. The number of hydrogen-bond acceptors (Lipinski definition) is 2. The van der Waals surface area contributed by atoms with E-state index < -0.39 is 0 Å². The summed E-state index contributed by atoms with van der Waals surface area (Å²) in [6, 6.07) is 7.89. The van der Waals surface area contributed by atoms with Gasteiger partial charge in [-0.3, -0.25) is 0 Å². The summed E-state index contributed by atoms with van der Waals surface area (Å²) < 4.78 is 1.10. The fraction of sp³-hybridized carbons (Fsp3) is 0.231. The Labute approximate surface area is 119 Å². The summed E-state index contributed by atoms with van der Waals surface area (Å²) in [6.07, 6.45) is 0. The fourth-order valence-electron chi connectivity index (χ4n) is 1.85. The molecule has 1 atom stereocenters. The number of rotatable bonds is 2. The van der Waals surface area contributed by atoms with E-state index in [-0.39, 0.29) is 6.04 Å². The van der Waals surface area contributed by atoms with Crippen LogP contribution < -0.4 is 5.73 Å². The highest BCUT2D eigenvalue weighted by atomic mass is 79.9. The van der Waals surface area contributed by atoms with Crippen LogP contribution in [0.15, 0.2) is 28.1 Å². The topological polar surface area (TPSA) is 26.0 Å². The molecule has 0 bridgehead atoms. The van der Waals surface area contributed by atoms with Gasteiger partial charge in [0.2, 0.25) is 0 Å². The minimum Gasteiger partial charge on any atom is -0.320 e. The van der Waals surface area contributed by atoms with Crippen LogP contribution in [-0.2, 0) is 0 Å². The van der Waals surface area contributed by atoms with Gasteiger partial charge in [0.15, 0.2) is 0 Å². The minimum absolute atomic E-state index is 0.162. The first kappa shape index (κ1) is 13.1. The van der Waals surface area contributed by atoms with Crippen molar-refractivity contribution in [3.05, 3.63) is 54.6 Å². The van der Waals surface area contributed by atoms with Gasteiger partial charge in [-0.25, -0.2) is 0 Å². The molecule has 90 valence electrons. The summed E-state index contributed by atoms with van der Waals surface area (Å²) in [5.74, 6) is 0. The van der Waals surface area contributed by atoms with E-state index in [0.717, 1.165) is 25.5 Å². The Balaban J connectivity index is 2.47. The van der Waals surface area contributed by atoms with Crippen LogP contribution in [0.5, 0.6) is 0 Å². The maximum Gasteiger partial charge on any atom is 0.0704 e. The van der Waals surface area contributed by atoms with Crippen molar-refractivity contribution >= 4 is 38.9 Å². The molecule has 1 unspecified atom stereocenters. The number of nitrogens with two attached hydrogens (primary N) is 1. The molecule has 17 heavy (non-hydrogen) atoms. The van der Waals surface area contributed by atoms with E-state index in [4.69, 9.17) is 17.3 Å². The molecule has 2 N–H and O–H groups in total. The number of benzene rings is 1. The van der Waals surface area contributed by atoms with E-state index in [1.165, 1.54) is 4.88 Å². The lowest BCUT2D eigenvalue weighted by Gasteiger charge is -2.15. The van der Waals surface area contributed by atoms with Crippen LogP contribution >= 0.6 is 38.9 Å². The highest BCUT2D eigenvalue weighted by molar-refractivity contribution is 9.11. The lowest BCUT2D eigenvalue weighted by Crippen LogP contribution is -2.12. The Morgan fingerprint density at radius 2 is 2.00 bits per heavy atom. The molecule has 2 rings (SSSR count). The van der Waals surface area contributed by atoms with Crippen LogP contribution in [0.3, 0.4) is 0 Å². The molecule has 0 aliphatic rings. The van der Waals surface area contributed by atoms with E-state index in [2.05, 4.69) is 28.9 Å². The number of aryl methyl sites for hydroxylation is 2. The smallest absolute Gasteiger partial charge is 0.0704 e. The van der Waals surface area contributed by atoms with Crippen LogP contribution in [0.4, 0.5) is 0 Å². The van der Waals surface area contributed by atoms with Crippen molar-refractivity contribution in [1.82, 2.24) is 0 Å². The van der Waals surface area contributed by atoms with E-state index >= 15 is 0 Å². The average Bonchev–Trinajstić information content (AvgIpc) is 2.61. The summed E-state index contributed by atoms with van der Waals surface area (Å²) >= 11 is 11.5. The highest BCUT2D eigenvalue weighted by Crippen LogP contribution is 2.35. The minimum atomic E-state index is -0.162. The summed E-state index contributed by atoms with van der Waals surface area (Å²) in [4.78, 5) is 1.22.